The molecule has 0 aliphatic heterocycles. The number of carbonyl (C=O) groups is 1. The van der Waals surface area contributed by atoms with Crippen molar-refractivity contribution in [1.82, 2.24) is 0 Å². The Hall–Kier alpha value is -1.20. The van der Waals surface area contributed by atoms with E-state index in [1.165, 1.54) is 12.1 Å². The van der Waals surface area contributed by atoms with E-state index in [2.05, 4.69) is 6.92 Å². The smallest absolute Gasteiger partial charge is 0.188 e. The number of aliphatic hydroxyl groups excluding tert-OH is 1. The number of benzene rings is 1. The van der Waals surface area contributed by atoms with Crippen LogP contribution in [0.5, 0.6) is 0 Å². The van der Waals surface area contributed by atoms with Gasteiger partial charge in [-0.3, -0.25) is 4.79 Å². The van der Waals surface area contributed by atoms with Crippen molar-refractivity contribution in [3.8, 4) is 0 Å². The first-order valence-corrected chi connectivity index (χ1v) is 9.93. The van der Waals surface area contributed by atoms with Gasteiger partial charge in [0, 0.05) is 5.92 Å². The second kappa shape index (κ2) is 9.83. The Labute approximate surface area is 139 Å². The number of sulfone groups is 1. The predicted molar refractivity (Wildman–Crippen MR) is 92.0 cm³/mol. The molecule has 0 aliphatic rings. The fourth-order valence-electron chi connectivity index (χ4n) is 2.57. The fraction of sp³-hybridized carbons (Fsp3) is 0.611. The molecule has 1 aromatic carbocycles. The maximum atomic E-state index is 12.8. The van der Waals surface area contributed by atoms with E-state index in [1.807, 2.05) is 0 Å². The van der Waals surface area contributed by atoms with Gasteiger partial charge in [-0.2, -0.15) is 0 Å². The van der Waals surface area contributed by atoms with Crippen molar-refractivity contribution < 1.29 is 18.3 Å². The van der Waals surface area contributed by atoms with E-state index in [4.69, 9.17) is 0 Å². The third kappa shape index (κ3) is 5.74. The zero-order valence-corrected chi connectivity index (χ0v) is 14.9. The quantitative estimate of drug-likeness (QED) is 0.627. The highest BCUT2D eigenvalue weighted by atomic mass is 32.2. The lowest BCUT2D eigenvalue weighted by Crippen LogP contribution is -2.35. The number of hydrogen-bond acceptors (Lipinski definition) is 4. The molecule has 1 rings (SSSR count). The Bertz CT molecular complexity index is 566. The molecule has 1 N–H and O–H groups in total. The number of hydrogen-bond donors (Lipinski definition) is 1. The molecular weight excluding hydrogens is 312 g/mol. The zero-order chi connectivity index (χ0) is 17.3. The van der Waals surface area contributed by atoms with Crippen LogP contribution in [0, 0.1) is 5.92 Å². The summed E-state index contributed by atoms with van der Waals surface area (Å²) in [6.45, 7) is 3.37. The summed E-state index contributed by atoms with van der Waals surface area (Å²) in [5.41, 5.74) is 0. The van der Waals surface area contributed by atoms with Gasteiger partial charge in [0.25, 0.3) is 0 Å². The van der Waals surface area contributed by atoms with E-state index in [0.717, 1.165) is 25.7 Å². The lowest BCUT2D eigenvalue weighted by molar-refractivity contribution is -0.123. The third-order valence-corrected chi connectivity index (χ3v) is 6.24. The van der Waals surface area contributed by atoms with Crippen molar-refractivity contribution in [2.75, 3.05) is 6.61 Å². The first kappa shape index (κ1) is 19.8. The van der Waals surface area contributed by atoms with Crippen LogP contribution in [-0.4, -0.2) is 31.2 Å². The van der Waals surface area contributed by atoms with Crippen LogP contribution in [0.15, 0.2) is 35.2 Å². The van der Waals surface area contributed by atoms with Crippen LogP contribution in [0.3, 0.4) is 0 Å². The second-order valence-corrected chi connectivity index (χ2v) is 8.17. The van der Waals surface area contributed by atoms with Gasteiger partial charge < -0.3 is 5.11 Å². The number of ketones is 1. The van der Waals surface area contributed by atoms with Crippen molar-refractivity contribution in [3.05, 3.63) is 30.3 Å². The monoisotopic (exact) mass is 340 g/mol. The molecule has 0 fully saturated rings. The van der Waals surface area contributed by atoms with E-state index >= 15 is 0 Å². The van der Waals surface area contributed by atoms with Crippen LogP contribution in [-0.2, 0) is 14.6 Å². The molecule has 2 unspecified atom stereocenters. The van der Waals surface area contributed by atoms with Gasteiger partial charge in [-0.05, 0) is 18.6 Å². The standard InChI is InChI=1S/C18H28O4S/c1-3-4-5-6-10-13-17(18(20)15(2)14-19)23(21,22)16-11-8-7-9-12-16/h7-9,11-12,15,17,19H,3-6,10,13-14H2,1-2H3. The Morgan fingerprint density at radius 3 is 2.26 bits per heavy atom. The molecule has 5 heteroatoms. The van der Waals surface area contributed by atoms with Gasteiger partial charge in [-0.15, -0.1) is 0 Å². The van der Waals surface area contributed by atoms with Crippen molar-refractivity contribution in [3.63, 3.8) is 0 Å². The normalized spacial score (nSPS) is 14.4. The van der Waals surface area contributed by atoms with Crippen molar-refractivity contribution in [2.24, 2.45) is 5.92 Å². The van der Waals surface area contributed by atoms with Crippen LogP contribution in [0.25, 0.3) is 0 Å². The molecule has 130 valence electrons. The lowest BCUT2D eigenvalue weighted by atomic mass is 10.0. The minimum absolute atomic E-state index is 0.178. The highest BCUT2D eigenvalue weighted by Gasteiger charge is 2.35. The maximum absolute atomic E-state index is 12.8. The SMILES string of the molecule is CCCCCCCC(C(=O)C(C)CO)S(=O)(=O)c1ccccc1. The summed E-state index contributed by atoms with van der Waals surface area (Å²) < 4.78 is 25.6. The molecule has 0 aromatic heterocycles. The van der Waals surface area contributed by atoms with Crippen molar-refractivity contribution in [2.45, 2.75) is 62.5 Å². The third-order valence-electron chi connectivity index (χ3n) is 4.09. The molecule has 0 aliphatic carbocycles. The molecule has 0 radical (unpaired) electrons. The largest absolute Gasteiger partial charge is 0.396 e. The first-order chi connectivity index (χ1) is 10.9. The Morgan fingerprint density at radius 1 is 1.09 bits per heavy atom. The highest BCUT2D eigenvalue weighted by Crippen LogP contribution is 2.23. The molecule has 0 spiro atoms. The van der Waals surface area contributed by atoms with Crippen LogP contribution >= 0.6 is 0 Å². The van der Waals surface area contributed by atoms with Gasteiger partial charge in [0.05, 0.1) is 11.5 Å². The van der Waals surface area contributed by atoms with E-state index in [0.29, 0.717) is 12.8 Å². The Morgan fingerprint density at radius 2 is 1.70 bits per heavy atom. The zero-order valence-electron chi connectivity index (χ0n) is 14.1. The highest BCUT2D eigenvalue weighted by molar-refractivity contribution is 7.92. The summed E-state index contributed by atoms with van der Waals surface area (Å²) in [5, 5.41) is 8.15. The number of rotatable bonds is 11. The first-order valence-electron chi connectivity index (χ1n) is 8.38. The van der Waals surface area contributed by atoms with Gasteiger partial charge in [0.2, 0.25) is 0 Å². The number of aliphatic hydroxyl groups is 1. The number of unbranched alkanes of at least 4 members (excludes halogenated alkanes) is 4. The van der Waals surface area contributed by atoms with Crippen molar-refractivity contribution >= 4 is 15.6 Å². The van der Waals surface area contributed by atoms with Crippen LogP contribution in [0.2, 0.25) is 0 Å². The molecule has 1 aromatic rings. The molecule has 23 heavy (non-hydrogen) atoms. The average molecular weight is 340 g/mol. The number of carbonyl (C=O) groups excluding carboxylic acids is 1. The summed E-state index contributed by atoms with van der Waals surface area (Å²) in [6, 6.07) is 8.11. The Kier molecular flexibility index (Phi) is 8.48. The molecule has 0 heterocycles. The van der Waals surface area contributed by atoms with Crippen molar-refractivity contribution in [1.29, 1.82) is 0 Å². The van der Waals surface area contributed by atoms with Gasteiger partial charge in [-0.25, -0.2) is 8.42 Å². The minimum Gasteiger partial charge on any atom is -0.396 e. The van der Waals surface area contributed by atoms with E-state index in [9.17, 15) is 18.3 Å². The molecule has 0 bridgehead atoms. The second-order valence-electron chi connectivity index (χ2n) is 6.04. The summed E-state index contributed by atoms with van der Waals surface area (Å²) >= 11 is 0. The molecule has 0 saturated heterocycles. The number of Topliss-reactive ketones (excluding diaryl/α,β-unsaturated/α-hetero) is 1. The molecular formula is C18H28O4S. The summed E-state index contributed by atoms with van der Waals surface area (Å²) in [5.74, 6) is -1.04. The maximum Gasteiger partial charge on any atom is 0.188 e. The average Bonchev–Trinajstić information content (AvgIpc) is 2.57. The van der Waals surface area contributed by atoms with Gasteiger partial charge in [0.1, 0.15) is 5.25 Å². The predicted octanol–water partition coefficient (Wildman–Crippen LogP) is 3.39. The minimum atomic E-state index is -3.71. The van der Waals surface area contributed by atoms with Crippen LogP contribution < -0.4 is 0 Å². The molecule has 2 atom stereocenters. The topological polar surface area (TPSA) is 71.4 Å². The molecule has 0 saturated carbocycles. The molecule has 0 amide bonds. The van der Waals surface area contributed by atoms with Crippen LogP contribution in [0.1, 0.15) is 52.4 Å². The fourth-order valence-corrected chi connectivity index (χ4v) is 4.45. The van der Waals surface area contributed by atoms with Crippen LogP contribution in [0.4, 0.5) is 0 Å². The van der Waals surface area contributed by atoms with E-state index in [1.54, 1.807) is 25.1 Å². The summed E-state index contributed by atoms with van der Waals surface area (Å²) in [4.78, 5) is 12.7. The Balaban J connectivity index is 2.92. The van der Waals surface area contributed by atoms with E-state index in [-0.39, 0.29) is 17.3 Å². The molecule has 4 nitrogen and oxygen atoms in total. The lowest BCUT2D eigenvalue weighted by Gasteiger charge is -2.19. The van der Waals surface area contributed by atoms with Gasteiger partial charge >= 0.3 is 0 Å². The van der Waals surface area contributed by atoms with E-state index < -0.39 is 21.0 Å². The summed E-state index contributed by atoms with van der Waals surface area (Å²) in [6.07, 6.45) is 5.25. The summed E-state index contributed by atoms with van der Waals surface area (Å²) in [7, 11) is -3.71. The van der Waals surface area contributed by atoms with Gasteiger partial charge in [0.15, 0.2) is 15.6 Å². The van der Waals surface area contributed by atoms with Gasteiger partial charge in [-0.1, -0.05) is 64.2 Å².